The molecule has 0 N–H and O–H groups in total. The maximum Gasteiger partial charge on any atom is 0.256 e. The largest absolute Gasteiger partial charge is 0.472 e. The molecule has 2 atom stereocenters. The van der Waals surface area contributed by atoms with Crippen LogP contribution in [0.3, 0.4) is 0 Å². The van der Waals surface area contributed by atoms with Gasteiger partial charge in [0, 0.05) is 24.4 Å². The normalized spacial score (nSPS) is 18.6. The Kier molecular flexibility index (Phi) is 5.39. The summed E-state index contributed by atoms with van der Waals surface area (Å²) in [6.07, 6.45) is 5.68. The molecule has 1 saturated heterocycles. The van der Waals surface area contributed by atoms with E-state index in [1.165, 1.54) is 41.6 Å². The van der Waals surface area contributed by atoms with E-state index < -0.39 is 5.82 Å². The predicted octanol–water partition coefficient (Wildman–Crippen LogP) is 2.75. The third-order valence-electron chi connectivity index (χ3n) is 5.08. The van der Waals surface area contributed by atoms with E-state index in [0.717, 1.165) is 12.8 Å². The minimum Gasteiger partial charge on any atom is -0.472 e. The number of hydrogen-bond donors (Lipinski definition) is 0. The molecule has 152 valence electrons. The molecule has 0 bridgehead atoms. The van der Waals surface area contributed by atoms with Gasteiger partial charge in [0.1, 0.15) is 17.6 Å². The maximum absolute atomic E-state index is 13.8. The minimum atomic E-state index is -0.477. The van der Waals surface area contributed by atoms with Gasteiger partial charge < -0.3 is 9.64 Å². The number of carbonyl (C=O) groups excluding carboxylic acids is 1. The Morgan fingerprint density at radius 2 is 2.00 bits per heavy atom. The lowest BCUT2D eigenvalue weighted by Gasteiger charge is -2.38. The highest BCUT2D eigenvalue weighted by molar-refractivity contribution is 5.98. The van der Waals surface area contributed by atoms with Gasteiger partial charge in [0.25, 0.3) is 5.91 Å². The summed E-state index contributed by atoms with van der Waals surface area (Å²) < 4.78 is 19.8. The van der Waals surface area contributed by atoms with Crippen molar-refractivity contribution in [2.24, 2.45) is 0 Å². The molecule has 8 nitrogen and oxygen atoms in total. The van der Waals surface area contributed by atoms with Crippen molar-refractivity contribution < 1.29 is 13.9 Å². The van der Waals surface area contributed by atoms with Crippen molar-refractivity contribution in [2.75, 3.05) is 6.54 Å². The number of likely N-dealkylation sites (tertiary alicyclic amines) is 1. The summed E-state index contributed by atoms with van der Waals surface area (Å²) >= 11 is 0. The number of pyridine rings is 1. The summed E-state index contributed by atoms with van der Waals surface area (Å²) in [5, 5.41) is 17.1. The molecule has 1 fully saturated rings. The van der Waals surface area contributed by atoms with Crippen molar-refractivity contribution in [3.63, 3.8) is 0 Å². The number of aromatic nitrogens is 4. The Morgan fingerprint density at radius 1 is 1.20 bits per heavy atom. The van der Waals surface area contributed by atoms with Gasteiger partial charge in [-0.25, -0.2) is 9.37 Å². The summed E-state index contributed by atoms with van der Waals surface area (Å²) in [6, 6.07) is 9.16. The third kappa shape index (κ3) is 3.98. The van der Waals surface area contributed by atoms with E-state index in [4.69, 9.17) is 10.00 Å². The second-order valence-corrected chi connectivity index (χ2v) is 7.10. The summed E-state index contributed by atoms with van der Waals surface area (Å²) in [4.78, 5) is 20.4. The smallest absolute Gasteiger partial charge is 0.256 e. The zero-order valence-corrected chi connectivity index (χ0v) is 16.3. The number of piperidine rings is 1. The van der Waals surface area contributed by atoms with Crippen LogP contribution in [0.15, 0.2) is 48.9 Å². The molecule has 3 heterocycles. The first-order chi connectivity index (χ1) is 14.5. The number of carbonyl (C=O) groups is 1. The fourth-order valence-electron chi connectivity index (χ4n) is 3.51. The van der Waals surface area contributed by atoms with Crippen molar-refractivity contribution in [3.8, 4) is 17.6 Å². The highest BCUT2D eigenvalue weighted by Gasteiger charge is 2.32. The fraction of sp³-hybridized carbons (Fsp3) is 0.286. The Bertz CT molecular complexity index is 1100. The zero-order chi connectivity index (χ0) is 21.1. The zero-order valence-electron chi connectivity index (χ0n) is 16.3. The number of benzene rings is 1. The van der Waals surface area contributed by atoms with Crippen LogP contribution in [0.2, 0.25) is 0 Å². The van der Waals surface area contributed by atoms with Crippen LogP contribution in [0, 0.1) is 17.1 Å². The van der Waals surface area contributed by atoms with Crippen LogP contribution in [0.4, 0.5) is 4.39 Å². The molecule has 1 amide bonds. The topological polar surface area (TPSA) is 96.9 Å². The average molecular weight is 406 g/mol. The van der Waals surface area contributed by atoms with E-state index in [0.29, 0.717) is 23.6 Å². The Morgan fingerprint density at radius 3 is 2.77 bits per heavy atom. The molecule has 0 saturated carbocycles. The highest BCUT2D eigenvalue weighted by Crippen LogP contribution is 2.25. The molecule has 1 aliphatic rings. The summed E-state index contributed by atoms with van der Waals surface area (Å²) in [5.41, 5.74) is 1.05. The number of nitriles is 1. The van der Waals surface area contributed by atoms with Crippen molar-refractivity contribution in [1.29, 1.82) is 5.26 Å². The van der Waals surface area contributed by atoms with Gasteiger partial charge in [0.2, 0.25) is 5.88 Å². The van der Waals surface area contributed by atoms with Crippen LogP contribution in [-0.2, 0) is 0 Å². The van der Waals surface area contributed by atoms with Crippen molar-refractivity contribution in [1.82, 2.24) is 24.9 Å². The van der Waals surface area contributed by atoms with Crippen molar-refractivity contribution >= 4 is 5.91 Å². The van der Waals surface area contributed by atoms with Gasteiger partial charge >= 0.3 is 0 Å². The van der Waals surface area contributed by atoms with Gasteiger partial charge in [-0.15, -0.1) is 0 Å². The van der Waals surface area contributed by atoms with E-state index in [-0.39, 0.29) is 23.7 Å². The first kappa shape index (κ1) is 19.5. The lowest BCUT2D eigenvalue weighted by molar-refractivity contribution is 0.0372. The Hall–Kier alpha value is -3.80. The van der Waals surface area contributed by atoms with Crippen LogP contribution in [-0.4, -0.2) is 49.5 Å². The van der Waals surface area contributed by atoms with Crippen molar-refractivity contribution in [3.05, 3.63) is 65.9 Å². The molecule has 2 aromatic heterocycles. The van der Waals surface area contributed by atoms with Gasteiger partial charge in [-0.1, -0.05) is 0 Å². The summed E-state index contributed by atoms with van der Waals surface area (Å²) in [6.45, 7) is 2.32. The second-order valence-electron chi connectivity index (χ2n) is 7.10. The fourth-order valence-corrected chi connectivity index (χ4v) is 3.51. The van der Waals surface area contributed by atoms with Gasteiger partial charge in [0.15, 0.2) is 0 Å². The summed E-state index contributed by atoms with van der Waals surface area (Å²) in [7, 11) is 0. The van der Waals surface area contributed by atoms with E-state index in [2.05, 4.69) is 21.3 Å². The number of rotatable bonds is 4. The maximum atomic E-state index is 13.8. The van der Waals surface area contributed by atoms with Gasteiger partial charge in [-0.2, -0.15) is 20.3 Å². The first-order valence-electron chi connectivity index (χ1n) is 9.55. The van der Waals surface area contributed by atoms with Crippen LogP contribution in [0.1, 0.15) is 35.7 Å². The van der Waals surface area contributed by atoms with E-state index in [1.807, 2.05) is 6.92 Å². The molecule has 0 radical (unpaired) electrons. The highest BCUT2D eigenvalue weighted by atomic mass is 19.1. The van der Waals surface area contributed by atoms with Gasteiger partial charge in [-0.05, 0) is 38.0 Å². The van der Waals surface area contributed by atoms with Crippen molar-refractivity contribution in [2.45, 2.75) is 31.9 Å². The number of ether oxygens (including phenoxy) is 1. The molecule has 30 heavy (non-hydrogen) atoms. The molecule has 0 spiro atoms. The predicted molar refractivity (Wildman–Crippen MR) is 104 cm³/mol. The monoisotopic (exact) mass is 406 g/mol. The van der Waals surface area contributed by atoms with Crippen LogP contribution < -0.4 is 4.74 Å². The molecule has 1 aromatic carbocycles. The van der Waals surface area contributed by atoms with E-state index in [1.54, 1.807) is 17.0 Å². The number of amides is 1. The lowest BCUT2D eigenvalue weighted by Crippen LogP contribution is -2.49. The van der Waals surface area contributed by atoms with Crippen LogP contribution >= 0.6 is 0 Å². The molecule has 1 aliphatic heterocycles. The second kappa shape index (κ2) is 8.29. The SMILES string of the molecule is C[C@@H]1CC[C@@H](Oc2cc(C#N)ccn2)CN1C(=O)c1ccc(F)cc1-n1nccn1. The van der Waals surface area contributed by atoms with Gasteiger partial charge in [-0.3, -0.25) is 4.79 Å². The molecular weight excluding hydrogens is 387 g/mol. The quantitative estimate of drug-likeness (QED) is 0.661. The van der Waals surface area contributed by atoms with Crippen LogP contribution in [0.25, 0.3) is 5.69 Å². The minimum absolute atomic E-state index is 0.0146. The third-order valence-corrected chi connectivity index (χ3v) is 5.08. The average Bonchev–Trinajstić information content (AvgIpc) is 3.29. The van der Waals surface area contributed by atoms with Gasteiger partial charge in [0.05, 0.1) is 36.1 Å². The molecule has 3 aromatic rings. The number of halogens is 1. The lowest BCUT2D eigenvalue weighted by atomic mass is 9.99. The first-order valence-corrected chi connectivity index (χ1v) is 9.55. The standard InChI is InChI=1S/C21H19FN6O2/c1-14-2-4-17(30-20-10-15(12-23)6-7-24-20)13-27(14)21(29)18-5-3-16(22)11-19(18)28-25-8-9-26-28/h3,5-11,14,17H,2,4,13H2,1H3/t14-,17-/m1/s1. The molecular formula is C21H19FN6O2. The van der Waals surface area contributed by atoms with E-state index >= 15 is 0 Å². The van der Waals surface area contributed by atoms with Crippen LogP contribution in [0.5, 0.6) is 5.88 Å². The molecule has 9 heteroatoms. The summed E-state index contributed by atoms with van der Waals surface area (Å²) in [5.74, 6) is -0.374. The van der Waals surface area contributed by atoms with E-state index in [9.17, 15) is 9.18 Å². The molecule has 0 aliphatic carbocycles. The molecule has 0 unspecified atom stereocenters. The Labute approximate surface area is 172 Å². The number of nitrogens with zero attached hydrogens (tertiary/aromatic N) is 6. The number of hydrogen-bond acceptors (Lipinski definition) is 6. The molecule has 4 rings (SSSR count). The Balaban J connectivity index is 1.57.